The first kappa shape index (κ1) is 14.0. The van der Waals surface area contributed by atoms with Gasteiger partial charge < -0.3 is 5.32 Å². The van der Waals surface area contributed by atoms with Gasteiger partial charge in [0.1, 0.15) is 5.69 Å². The first-order valence-electron chi connectivity index (χ1n) is 5.98. The van der Waals surface area contributed by atoms with Crippen molar-refractivity contribution in [3.8, 4) is 0 Å². The first-order valence-corrected chi connectivity index (χ1v) is 6.36. The van der Waals surface area contributed by atoms with Crippen LogP contribution in [0.5, 0.6) is 0 Å². The number of aromatic nitrogens is 2. The molecule has 0 atom stereocenters. The molecule has 17 heavy (non-hydrogen) atoms. The maximum absolute atomic E-state index is 12.0. The zero-order valence-corrected chi connectivity index (χ0v) is 11.6. The summed E-state index contributed by atoms with van der Waals surface area (Å²) in [6.45, 7) is 9.30. The Balaban J connectivity index is 2.74. The molecule has 4 nitrogen and oxygen atoms in total. The van der Waals surface area contributed by atoms with E-state index >= 15 is 0 Å². The molecule has 0 aliphatic rings. The highest BCUT2D eigenvalue weighted by Crippen LogP contribution is 2.20. The fourth-order valence-corrected chi connectivity index (χ4v) is 1.78. The third kappa shape index (κ3) is 3.46. The Morgan fingerprint density at radius 1 is 1.53 bits per heavy atom. The van der Waals surface area contributed by atoms with Gasteiger partial charge in [0, 0.05) is 13.1 Å². The number of rotatable bonds is 5. The maximum atomic E-state index is 12.0. The summed E-state index contributed by atoms with van der Waals surface area (Å²) in [5.41, 5.74) is 1.16. The van der Waals surface area contributed by atoms with Crippen LogP contribution in [0.15, 0.2) is 0 Å². The summed E-state index contributed by atoms with van der Waals surface area (Å²) in [5.74, 6) is 0.432. The van der Waals surface area contributed by atoms with E-state index in [4.69, 9.17) is 11.6 Å². The Hall–Kier alpha value is -1.03. The minimum absolute atomic E-state index is 0.141. The third-order valence-electron chi connectivity index (χ3n) is 2.58. The quantitative estimate of drug-likeness (QED) is 0.882. The predicted molar refractivity (Wildman–Crippen MR) is 69.4 cm³/mol. The number of carbonyl (C=O) groups is 1. The molecule has 0 bridgehead atoms. The highest BCUT2D eigenvalue weighted by molar-refractivity contribution is 6.34. The summed E-state index contributed by atoms with van der Waals surface area (Å²) in [5, 5.41) is 7.54. The SMILES string of the molecule is CCn1nc(C)c(Cl)c1C(=O)NCCC(C)C. The number of nitrogens with one attached hydrogen (secondary N) is 1. The van der Waals surface area contributed by atoms with Gasteiger partial charge in [-0.25, -0.2) is 0 Å². The Labute approximate surface area is 107 Å². The van der Waals surface area contributed by atoms with Crippen molar-refractivity contribution >= 4 is 17.5 Å². The molecule has 0 aromatic carbocycles. The standard InChI is InChI=1S/C12H20ClN3O/c1-5-16-11(10(13)9(4)15-16)12(17)14-7-6-8(2)3/h8H,5-7H2,1-4H3,(H,14,17). The molecule has 5 heteroatoms. The highest BCUT2D eigenvalue weighted by atomic mass is 35.5. The van der Waals surface area contributed by atoms with Crippen molar-refractivity contribution < 1.29 is 4.79 Å². The lowest BCUT2D eigenvalue weighted by molar-refractivity contribution is 0.0941. The summed E-state index contributed by atoms with van der Waals surface area (Å²) in [7, 11) is 0. The summed E-state index contributed by atoms with van der Waals surface area (Å²) in [6, 6.07) is 0. The predicted octanol–water partition coefficient (Wildman–Crippen LogP) is 2.64. The van der Waals surface area contributed by atoms with Gasteiger partial charge in [0.15, 0.2) is 0 Å². The second kappa shape index (κ2) is 6.05. The molecular weight excluding hydrogens is 238 g/mol. The Kier molecular flexibility index (Phi) is 5.00. The van der Waals surface area contributed by atoms with Crippen molar-refractivity contribution in [3.63, 3.8) is 0 Å². The molecule has 0 saturated carbocycles. The Morgan fingerprint density at radius 2 is 2.18 bits per heavy atom. The molecule has 96 valence electrons. The average molecular weight is 258 g/mol. The zero-order chi connectivity index (χ0) is 13.0. The van der Waals surface area contributed by atoms with Gasteiger partial charge >= 0.3 is 0 Å². The van der Waals surface area contributed by atoms with E-state index in [1.54, 1.807) is 11.6 Å². The minimum atomic E-state index is -0.141. The molecule has 1 heterocycles. The van der Waals surface area contributed by atoms with Crippen LogP contribution in [0.2, 0.25) is 5.02 Å². The van der Waals surface area contributed by atoms with E-state index in [1.165, 1.54) is 0 Å². The van der Waals surface area contributed by atoms with E-state index in [0.717, 1.165) is 6.42 Å². The Bertz CT molecular complexity index is 399. The number of carbonyl (C=O) groups excluding carboxylic acids is 1. The van der Waals surface area contributed by atoms with E-state index in [2.05, 4.69) is 24.3 Å². The molecule has 0 aliphatic carbocycles. The molecule has 0 radical (unpaired) electrons. The van der Waals surface area contributed by atoms with Gasteiger partial charge in [-0.3, -0.25) is 9.48 Å². The van der Waals surface area contributed by atoms with Gasteiger partial charge in [0.2, 0.25) is 0 Å². The van der Waals surface area contributed by atoms with Crippen molar-refractivity contribution in [1.82, 2.24) is 15.1 Å². The van der Waals surface area contributed by atoms with Gasteiger partial charge in [0.05, 0.1) is 10.7 Å². The van der Waals surface area contributed by atoms with E-state index < -0.39 is 0 Å². The van der Waals surface area contributed by atoms with Gasteiger partial charge in [-0.2, -0.15) is 5.10 Å². The van der Waals surface area contributed by atoms with Crippen molar-refractivity contribution in [2.75, 3.05) is 6.54 Å². The molecule has 1 aromatic rings. The van der Waals surface area contributed by atoms with Crippen LogP contribution < -0.4 is 5.32 Å². The molecule has 0 unspecified atom stereocenters. The van der Waals surface area contributed by atoms with Crippen LogP contribution >= 0.6 is 11.6 Å². The van der Waals surface area contributed by atoms with Crippen molar-refractivity contribution in [2.45, 2.75) is 40.7 Å². The van der Waals surface area contributed by atoms with Crippen LogP contribution in [0.4, 0.5) is 0 Å². The summed E-state index contributed by atoms with van der Waals surface area (Å²) in [4.78, 5) is 12.0. The monoisotopic (exact) mass is 257 g/mol. The van der Waals surface area contributed by atoms with Gasteiger partial charge in [-0.05, 0) is 26.2 Å². The summed E-state index contributed by atoms with van der Waals surface area (Å²) in [6.07, 6.45) is 0.961. The number of amides is 1. The molecule has 1 rings (SSSR count). The van der Waals surface area contributed by atoms with Crippen molar-refractivity contribution in [3.05, 3.63) is 16.4 Å². The molecule has 1 N–H and O–H groups in total. The molecule has 1 amide bonds. The molecule has 0 saturated heterocycles. The van der Waals surface area contributed by atoms with Crippen LogP contribution in [0.3, 0.4) is 0 Å². The minimum Gasteiger partial charge on any atom is -0.351 e. The van der Waals surface area contributed by atoms with E-state index in [-0.39, 0.29) is 5.91 Å². The van der Waals surface area contributed by atoms with Crippen LogP contribution in [0.1, 0.15) is 43.4 Å². The zero-order valence-electron chi connectivity index (χ0n) is 10.9. The fourth-order valence-electron chi connectivity index (χ4n) is 1.56. The maximum Gasteiger partial charge on any atom is 0.271 e. The molecular formula is C12H20ClN3O. The number of hydrogen-bond acceptors (Lipinski definition) is 2. The second-order valence-corrected chi connectivity index (χ2v) is 4.88. The number of aryl methyl sites for hydroxylation is 2. The van der Waals surface area contributed by atoms with Crippen LogP contribution in [-0.4, -0.2) is 22.2 Å². The fraction of sp³-hybridized carbons (Fsp3) is 0.667. The van der Waals surface area contributed by atoms with Crippen LogP contribution in [0, 0.1) is 12.8 Å². The smallest absolute Gasteiger partial charge is 0.271 e. The number of hydrogen-bond donors (Lipinski definition) is 1. The van der Waals surface area contributed by atoms with Crippen LogP contribution in [0.25, 0.3) is 0 Å². The molecule has 0 fully saturated rings. The number of halogens is 1. The van der Waals surface area contributed by atoms with Gasteiger partial charge in [-0.1, -0.05) is 25.4 Å². The molecule has 1 aromatic heterocycles. The highest BCUT2D eigenvalue weighted by Gasteiger charge is 2.19. The van der Waals surface area contributed by atoms with Crippen LogP contribution in [-0.2, 0) is 6.54 Å². The largest absolute Gasteiger partial charge is 0.351 e. The summed E-state index contributed by atoms with van der Waals surface area (Å²) < 4.78 is 1.64. The lowest BCUT2D eigenvalue weighted by Gasteiger charge is -2.08. The Morgan fingerprint density at radius 3 is 2.71 bits per heavy atom. The lowest BCUT2D eigenvalue weighted by atomic mass is 10.1. The van der Waals surface area contributed by atoms with E-state index in [9.17, 15) is 4.79 Å². The van der Waals surface area contributed by atoms with E-state index in [1.807, 2.05) is 6.92 Å². The van der Waals surface area contributed by atoms with E-state index in [0.29, 0.717) is 35.4 Å². The third-order valence-corrected chi connectivity index (χ3v) is 3.03. The normalized spacial score (nSPS) is 10.9. The topological polar surface area (TPSA) is 46.9 Å². The van der Waals surface area contributed by atoms with Crippen molar-refractivity contribution in [2.24, 2.45) is 5.92 Å². The van der Waals surface area contributed by atoms with Gasteiger partial charge in [0.25, 0.3) is 5.91 Å². The lowest BCUT2D eigenvalue weighted by Crippen LogP contribution is -2.28. The first-order chi connectivity index (χ1) is 7.97. The molecule has 0 aliphatic heterocycles. The van der Waals surface area contributed by atoms with Gasteiger partial charge in [-0.15, -0.1) is 0 Å². The average Bonchev–Trinajstić information content (AvgIpc) is 2.54. The number of nitrogens with zero attached hydrogens (tertiary/aromatic N) is 2. The van der Waals surface area contributed by atoms with Crippen molar-refractivity contribution in [1.29, 1.82) is 0 Å². The second-order valence-electron chi connectivity index (χ2n) is 4.50. The molecule has 0 spiro atoms. The summed E-state index contributed by atoms with van der Waals surface area (Å²) >= 11 is 6.08.